The zero-order valence-electron chi connectivity index (χ0n) is 26.2. The number of likely N-dealkylation sites (N-methyl/N-ethyl adjacent to an activating group) is 1. The van der Waals surface area contributed by atoms with Crippen molar-refractivity contribution in [1.29, 1.82) is 0 Å². The van der Waals surface area contributed by atoms with Crippen LogP contribution >= 0.6 is 11.6 Å². The number of amides is 1. The number of aromatic nitrogens is 4. The number of likely N-dealkylation sites (tertiary alicyclic amines) is 1. The Morgan fingerprint density at radius 1 is 1.18 bits per heavy atom. The first-order valence-corrected chi connectivity index (χ1v) is 16.2. The molecule has 0 bridgehead atoms. The Morgan fingerprint density at radius 2 is 1.96 bits per heavy atom. The first-order valence-electron chi connectivity index (χ1n) is 15.9. The number of carbonyl (C=O) groups is 1. The lowest BCUT2D eigenvalue weighted by Crippen LogP contribution is -2.65. The van der Waals surface area contributed by atoms with Gasteiger partial charge in [-0.3, -0.25) is 9.89 Å². The Labute approximate surface area is 267 Å². The number of aromatic amines is 1. The minimum absolute atomic E-state index is 0.0382. The van der Waals surface area contributed by atoms with Crippen LogP contribution in [0.5, 0.6) is 0 Å². The molecule has 9 nitrogen and oxygen atoms in total. The Hall–Kier alpha value is -3.76. The van der Waals surface area contributed by atoms with Gasteiger partial charge in [0.1, 0.15) is 11.3 Å². The lowest BCUT2D eigenvalue weighted by Gasteiger charge is -2.54. The number of hydrogen-bond donors (Lipinski definition) is 1. The molecule has 1 saturated carbocycles. The maximum absolute atomic E-state index is 17.2. The van der Waals surface area contributed by atoms with Crippen LogP contribution in [-0.2, 0) is 4.79 Å². The van der Waals surface area contributed by atoms with Crippen molar-refractivity contribution in [2.45, 2.75) is 51.1 Å². The van der Waals surface area contributed by atoms with E-state index in [4.69, 9.17) is 21.6 Å². The van der Waals surface area contributed by atoms with Crippen LogP contribution in [0.2, 0.25) is 5.02 Å². The molecule has 1 aliphatic carbocycles. The highest BCUT2D eigenvalue weighted by Gasteiger charge is 2.55. The number of rotatable bonds is 6. The average molecular weight is 629 g/mol. The van der Waals surface area contributed by atoms with Gasteiger partial charge in [-0.25, -0.2) is 9.37 Å². The van der Waals surface area contributed by atoms with Crippen molar-refractivity contribution in [3.63, 3.8) is 0 Å². The van der Waals surface area contributed by atoms with Crippen LogP contribution in [0.1, 0.15) is 43.4 Å². The first-order chi connectivity index (χ1) is 21.6. The van der Waals surface area contributed by atoms with E-state index in [-0.39, 0.29) is 22.9 Å². The van der Waals surface area contributed by atoms with E-state index in [0.717, 1.165) is 73.2 Å². The minimum Gasteiger partial charge on any atom is -0.355 e. The topological polar surface area (TPSA) is 84.5 Å². The van der Waals surface area contributed by atoms with Gasteiger partial charge in [0.25, 0.3) is 0 Å². The number of hydrogen-bond acceptors (Lipinski definition) is 7. The van der Waals surface area contributed by atoms with Gasteiger partial charge in [0.15, 0.2) is 5.82 Å². The largest absolute Gasteiger partial charge is 0.355 e. The summed E-state index contributed by atoms with van der Waals surface area (Å²) < 4.78 is 17.2. The number of fused-ring (bicyclic) bond motifs is 2. The summed E-state index contributed by atoms with van der Waals surface area (Å²) in [6.45, 7) is 11.5. The molecule has 5 heterocycles. The molecule has 2 unspecified atom stereocenters. The lowest BCUT2D eigenvalue weighted by molar-refractivity contribution is -0.145. The first kappa shape index (κ1) is 28.7. The summed E-state index contributed by atoms with van der Waals surface area (Å²) in [5.41, 5.74) is 4.19. The summed E-state index contributed by atoms with van der Waals surface area (Å²) in [5, 5.41) is 9.69. The Kier molecular flexibility index (Phi) is 6.45. The second kappa shape index (κ2) is 10.1. The van der Waals surface area contributed by atoms with Crippen LogP contribution < -0.4 is 9.80 Å². The third kappa shape index (κ3) is 4.28. The van der Waals surface area contributed by atoms with Gasteiger partial charge < -0.3 is 19.6 Å². The van der Waals surface area contributed by atoms with Crippen molar-refractivity contribution in [3.05, 3.63) is 53.0 Å². The van der Waals surface area contributed by atoms with E-state index in [0.29, 0.717) is 46.2 Å². The van der Waals surface area contributed by atoms with Gasteiger partial charge in [-0.2, -0.15) is 10.1 Å². The van der Waals surface area contributed by atoms with Crippen LogP contribution in [0.3, 0.4) is 0 Å². The summed E-state index contributed by atoms with van der Waals surface area (Å²) >= 11 is 7.08. The fourth-order valence-electron chi connectivity index (χ4n) is 7.71. The van der Waals surface area contributed by atoms with Crippen LogP contribution in [0.25, 0.3) is 32.9 Å². The zero-order valence-corrected chi connectivity index (χ0v) is 27.0. The number of aryl methyl sites for hydroxylation is 1. The smallest absolute Gasteiger partial charge is 0.246 e. The molecule has 1 spiro atoms. The van der Waals surface area contributed by atoms with E-state index in [9.17, 15) is 4.79 Å². The Balaban J connectivity index is 1.27. The van der Waals surface area contributed by atoms with Crippen molar-refractivity contribution in [1.82, 2.24) is 30.0 Å². The summed E-state index contributed by atoms with van der Waals surface area (Å²) in [6.07, 6.45) is 4.49. The van der Waals surface area contributed by atoms with Gasteiger partial charge in [-0.1, -0.05) is 24.2 Å². The molecule has 3 aliphatic heterocycles. The fourth-order valence-corrected chi connectivity index (χ4v) is 8.00. The van der Waals surface area contributed by atoms with Gasteiger partial charge in [-0.15, -0.1) is 0 Å². The van der Waals surface area contributed by atoms with E-state index >= 15 is 4.39 Å². The van der Waals surface area contributed by atoms with Crippen molar-refractivity contribution in [3.8, 4) is 11.1 Å². The van der Waals surface area contributed by atoms with Crippen LogP contribution in [0.4, 0.5) is 16.2 Å². The number of H-pyrrole nitrogens is 1. The number of halogens is 2. The molecule has 45 heavy (non-hydrogen) atoms. The highest BCUT2D eigenvalue weighted by molar-refractivity contribution is 6.35. The van der Waals surface area contributed by atoms with Gasteiger partial charge in [0.2, 0.25) is 11.9 Å². The molecule has 2 aromatic carbocycles. The third-order valence-corrected chi connectivity index (χ3v) is 11.2. The standard InChI is InChI=1S/C34H38ClFN8O/c1-6-25(45)44-17-34(19(44)3)11-12-42(16-34)32-22-13-23(35)27(26-18(2)7-10-24-28(26)30(40-39-24)20-8-9-20)29(36)31(22)37-33(38-32)43-14-21(15-43)41(4)5/h6-7,10,13,19-21H,1,8-9,11-12,14-17H2,2-5H3,(H,39,40). The Bertz CT molecular complexity index is 1900. The van der Waals surface area contributed by atoms with Gasteiger partial charge >= 0.3 is 0 Å². The summed E-state index contributed by atoms with van der Waals surface area (Å²) in [7, 11) is 4.14. The van der Waals surface area contributed by atoms with E-state index in [1.54, 1.807) is 0 Å². The summed E-state index contributed by atoms with van der Waals surface area (Å²) in [6, 6.07) is 6.30. The number of benzene rings is 2. The number of nitrogens with zero attached hydrogens (tertiary/aromatic N) is 7. The molecule has 8 rings (SSSR count). The highest BCUT2D eigenvalue weighted by Crippen LogP contribution is 2.50. The third-order valence-electron chi connectivity index (χ3n) is 10.9. The molecule has 2 atom stereocenters. The summed E-state index contributed by atoms with van der Waals surface area (Å²) in [5.74, 6) is 1.17. The minimum atomic E-state index is -0.431. The monoisotopic (exact) mass is 628 g/mol. The van der Waals surface area contributed by atoms with Crippen molar-refractivity contribution in [2.75, 3.05) is 56.6 Å². The molecule has 11 heteroatoms. The van der Waals surface area contributed by atoms with Crippen LogP contribution in [0, 0.1) is 18.2 Å². The van der Waals surface area contributed by atoms with E-state index in [2.05, 4.69) is 52.5 Å². The maximum Gasteiger partial charge on any atom is 0.246 e. The maximum atomic E-state index is 17.2. The number of nitrogens with one attached hydrogen (secondary N) is 1. The SMILES string of the molecule is C=CC(=O)N1CC2(CCN(c3nc(N4CC(N(C)C)C4)nc4c(F)c(-c5c(C)ccc6n[nH]c(C7CC7)c56)c(Cl)cc34)C2)C1C. The molecular weight excluding hydrogens is 591 g/mol. The molecule has 4 fully saturated rings. The molecule has 3 saturated heterocycles. The molecule has 2 aromatic heterocycles. The molecule has 234 valence electrons. The van der Waals surface area contributed by atoms with Gasteiger partial charge in [0, 0.05) is 83.7 Å². The van der Waals surface area contributed by atoms with E-state index in [1.807, 2.05) is 30.0 Å². The van der Waals surface area contributed by atoms with Crippen LogP contribution in [0.15, 0.2) is 30.9 Å². The Morgan fingerprint density at radius 3 is 2.64 bits per heavy atom. The lowest BCUT2D eigenvalue weighted by atomic mass is 9.71. The second-order valence-electron chi connectivity index (χ2n) is 13.8. The number of anilines is 2. The van der Waals surface area contributed by atoms with Crippen molar-refractivity contribution in [2.24, 2.45) is 5.41 Å². The molecule has 1 amide bonds. The van der Waals surface area contributed by atoms with E-state index < -0.39 is 5.82 Å². The van der Waals surface area contributed by atoms with Gasteiger partial charge in [-0.05, 0) is 71.0 Å². The van der Waals surface area contributed by atoms with Gasteiger partial charge in [0.05, 0.1) is 10.5 Å². The molecule has 4 aliphatic rings. The quantitative estimate of drug-likeness (QED) is 0.282. The number of carbonyl (C=O) groups excluding carboxylic acids is 1. The van der Waals surface area contributed by atoms with E-state index in [1.165, 1.54) is 6.08 Å². The normalized spacial score (nSPS) is 23.4. The molecule has 0 radical (unpaired) electrons. The highest BCUT2D eigenvalue weighted by atomic mass is 35.5. The predicted octanol–water partition coefficient (Wildman–Crippen LogP) is 5.51. The molecule has 1 N–H and O–H groups in total. The van der Waals surface area contributed by atoms with Crippen molar-refractivity contribution >= 4 is 51.1 Å². The zero-order chi connectivity index (χ0) is 31.4. The predicted molar refractivity (Wildman–Crippen MR) is 177 cm³/mol. The van der Waals surface area contributed by atoms with Crippen molar-refractivity contribution < 1.29 is 9.18 Å². The van der Waals surface area contributed by atoms with Crippen LogP contribution in [-0.4, -0.2) is 94.8 Å². The average Bonchev–Trinajstić information content (AvgIpc) is 3.57. The second-order valence-corrected chi connectivity index (χ2v) is 14.2. The summed E-state index contributed by atoms with van der Waals surface area (Å²) in [4.78, 5) is 30.8. The molecular formula is C34H38ClFN8O. The fraction of sp³-hybridized carbons (Fsp3) is 0.471. The molecule has 4 aromatic rings.